The van der Waals surface area contributed by atoms with E-state index < -0.39 is 12.1 Å². The Hall–Kier alpha value is -2.06. The minimum Gasteiger partial charge on any atom is -0.497 e. The molecule has 3 aromatic rings. The van der Waals surface area contributed by atoms with Gasteiger partial charge in [-0.3, -0.25) is 9.78 Å². The first-order valence-electron chi connectivity index (χ1n) is 12.4. The van der Waals surface area contributed by atoms with E-state index in [1.54, 1.807) is 31.1 Å². The van der Waals surface area contributed by atoms with E-state index in [1.165, 1.54) is 0 Å². The van der Waals surface area contributed by atoms with Gasteiger partial charge in [0.2, 0.25) is 0 Å². The molecule has 4 rings (SSSR count). The topological polar surface area (TPSA) is 62.7 Å². The summed E-state index contributed by atoms with van der Waals surface area (Å²) in [7, 11) is 1.59. The van der Waals surface area contributed by atoms with Gasteiger partial charge in [-0.1, -0.05) is 29.3 Å². The molecule has 5 nitrogen and oxygen atoms in total. The molecule has 1 N–H and O–H groups in total. The summed E-state index contributed by atoms with van der Waals surface area (Å²) < 4.78 is 20.8. The molecule has 1 saturated heterocycles. The van der Waals surface area contributed by atoms with Crippen LogP contribution in [0.3, 0.4) is 0 Å². The van der Waals surface area contributed by atoms with Crippen molar-refractivity contribution in [1.82, 2.24) is 9.88 Å². The number of alkyl halides is 1. The number of likely N-dealkylation sites (tertiary alicyclic amines) is 1. The number of nitrogens with zero attached hydrogens (tertiary/aromatic N) is 2. The number of methoxy groups -OCH3 is 1. The van der Waals surface area contributed by atoms with Gasteiger partial charge in [-0.2, -0.15) is 0 Å². The maximum atomic E-state index is 15.5. The van der Waals surface area contributed by atoms with Crippen LogP contribution in [0.4, 0.5) is 4.39 Å². The molecule has 0 unspecified atom stereocenters. The third-order valence-corrected chi connectivity index (χ3v) is 9.07. The number of hydrogen-bond donors (Lipinski definition) is 1. The molecule has 1 aliphatic heterocycles. The van der Waals surface area contributed by atoms with Gasteiger partial charge in [0.1, 0.15) is 11.9 Å². The van der Waals surface area contributed by atoms with Crippen LogP contribution < -0.4 is 4.74 Å². The number of piperidine rings is 1. The molecular formula is C28H31Cl2FN2O3S. The second-order valence-corrected chi connectivity index (χ2v) is 11.4. The fraction of sp³-hybridized carbons (Fsp3) is 0.429. The molecule has 0 bridgehead atoms. The molecular weight excluding hydrogens is 534 g/mol. The summed E-state index contributed by atoms with van der Waals surface area (Å²) in [4.78, 5) is 19.1. The van der Waals surface area contributed by atoms with E-state index in [9.17, 15) is 9.90 Å². The Morgan fingerprint density at radius 1 is 1.24 bits per heavy atom. The third-order valence-electron chi connectivity index (χ3n) is 7.10. The normalized spacial score (nSPS) is 19.1. The average molecular weight is 566 g/mol. The third kappa shape index (κ3) is 7.29. The molecule has 0 saturated carbocycles. The molecule has 1 aliphatic rings. The van der Waals surface area contributed by atoms with Crippen LogP contribution in [0.2, 0.25) is 10.0 Å². The molecule has 1 fully saturated rings. The SMILES string of the molecule is COc1ccc2nccc([C@@H](F)CC[C@@H]3CCN(CCSc4c(Cl)cccc4Cl)C[C@@H]3CC(=O)O)c2c1. The van der Waals surface area contributed by atoms with Gasteiger partial charge in [0.25, 0.3) is 0 Å². The Kier molecular flexibility index (Phi) is 9.93. The highest BCUT2D eigenvalue weighted by molar-refractivity contribution is 7.99. The summed E-state index contributed by atoms with van der Waals surface area (Å²) in [5, 5.41) is 11.6. The quantitative estimate of drug-likeness (QED) is 0.242. The summed E-state index contributed by atoms with van der Waals surface area (Å²) in [6, 6.07) is 12.7. The summed E-state index contributed by atoms with van der Waals surface area (Å²) in [5.74, 6) is 0.815. The molecule has 9 heteroatoms. The van der Waals surface area contributed by atoms with Gasteiger partial charge >= 0.3 is 5.97 Å². The molecule has 198 valence electrons. The number of hydrogen-bond acceptors (Lipinski definition) is 5. The number of carboxylic acids is 1. The molecule has 0 radical (unpaired) electrons. The van der Waals surface area contributed by atoms with E-state index in [-0.39, 0.29) is 18.3 Å². The molecule has 2 heterocycles. The maximum absolute atomic E-state index is 15.5. The summed E-state index contributed by atoms with van der Waals surface area (Å²) >= 11 is 14.2. The van der Waals surface area contributed by atoms with Gasteiger partial charge < -0.3 is 14.7 Å². The van der Waals surface area contributed by atoms with Crippen molar-refractivity contribution in [1.29, 1.82) is 0 Å². The van der Waals surface area contributed by atoms with E-state index in [0.29, 0.717) is 40.7 Å². The van der Waals surface area contributed by atoms with Crippen LogP contribution in [0.25, 0.3) is 10.9 Å². The Morgan fingerprint density at radius 2 is 2.03 bits per heavy atom. The van der Waals surface area contributed by atoms with Crippen LogP contribution in [0.1, 0.15) is 37.4 Å². The van der Waals surface area contributed by atoms with Crippen molar-refractivity contribution in [2.75, 3.05) is 32.5 Å². The first-order valence-corrected chi connectivity index (χ1v) is 14.2. The Bertz CT molecular complexity index is 1210. The fourth-order valence-electron chi connectivity index (χ4n) is 5.15. The monoisotopic (exact) mass is 564 g/mol. The van der Waals surface area contributed by atoms with E-state index in [0.717, 1.165) is 41.1 Å². The predicted octanol–water partition coefficient (Wildman–Crippen LogP) is 7.55. The molecule has 3 atom stereocenters. The number of fused-ring (bicyclic) bond motifs is 1. The summed E-state index contributed by atoms with van der Waals surface area (Å²) in [5.41, 5.74) is 1.33. The lowest BCUT2D eigenvalue weighted by Gasteiger charge is -2.38. The van der Waals surface area contributed by atoms with E-state index >= 15 is 4.39 Å². The van der Waals surface area contributed by atoms with Crippen LogP contribution >= 0.6 is 35.0 Å². The lowest BCUT2D eigenvalue weighted by molar-refractivity contribution is -0.139. The predicted molar refractivity (Wildman–Crippen MR) is 149 cm³/mol. The minimum absolute atomic E-state index is 0.0124. The zero-order valence-corrected chi connectivity index (χ0v) is 23.0. The zero-order valence-electron chi connectivity index (χ0n) is 20.7. The van der Waals surface area contributed by atoms with E-state index in [1.807, 2.05) is 36.4 Å². The van der Waals surface area contributed by atoms with Crippen LogP contribution in [-0.2, 0) is 4.79 Å². The van der Waals surface area contributed by atoms with Crippen molar-refractivity contribution in [3.05, 3.63) is 64.3 Å². The number of rotatable bonds is 11. The van der Waals surface area contributed by atoms with Crippen molar-refractivity contribution in [2.45, 2.75) is 36.8 Å². The number of halogens is 3. The second kappa shape index (κ2) is 13.1. The standard InChI is InChI=1S/C28H31Cl2FN2O3S/c1-36-20-6-8-26-22(16-20)21(9-11-32-26)25(31)7-5-18-10-12-33(17-19(18)15-27(34)35)13-14-37-28-23(29)3-2-4-24(28)30/h2-4,6,8-9,11,16,18-19,25H,5,7,10,12-15,17H2,1H3,(H,34,35)/t18-,19+,25+/m1/s1. The smallest absolute Gasteiger partial charge is 0.303 e. The van der Waals surface area contributed by atoms with Crippen molar-refractivity contribution < 1.29 is 19.0 Å². The first kappa shape index (κ1) is 28.0. The van der Waals surface area contributed by atoms with Crippen molar-refractivity contribution >= 4 is 51.8 Å². The Labute approximate surface area is 231 Å². The highest BCUT2D eigenvalue weighted by atomic mass is 35.5. The highest BCUT2D eigenvalue weighted by Crippen LogP contribution is 2.37. The van der Waals surface area contributed by atoms with Crippen LogP contribution in [0, 0.1) is 11.8 Å². The number of benzene rings is 2. The van der Waals surface area contributed by atoms with Gasteiger partial charge in [-0.25, -0.2) is 4.39 Å². The maximum Gasteiger partial charge on any atom is 0.303 e. The average Bonchev–Trinajstić information content (AvgIpc) is 2.88. The lowest BCUT2D eigenvalue weighted by atomic mass is 9.79. The van der Waals surface area contributed by atoms with Crippen LogP contribution in [-0.4, -0.2) is 53.5 Å². The van der Waals surface area contributed by atoms with E-state index in [4.69, 9.17) is 27.9 Å². The fourth-order valence-corrected chi connectivity index (χ4v) is 6.84. The van der Waals surface area contributed by atoms with Crippen molar-refractivity contribution in [3.63, 3.8) is 0 Å². The van der Waals surface area contributed by atoms with Crippen LogP contribution in [0.15, 0.2) is 53.6 Å². The number of thioether (sulfide) groups is 1. The van der Waals surface area contributed by atoms with Gasteiger partial charge in [-0.15, -0.1) is 11.8 Å². The Balaban J connectivity index is 1.35. The number of ether oxygens (including phenoxy) is 1. The molecule has 2 aromatic carbocycles. The first-order chi connectivity index (χ1) is 17.9. The number of carboxylic acid groups (broad SMARTS) is 1. The number of carbonyl (C=O) groups is 1. The summed E-state index contributed by atoms with van der Waals surface area (Å²) in [6.07, 6.45) is 2.42. The largest absolute Gasteiger partial charge is 0.497 e. The van der Waals surface area contributed by atoms with Crippen molar-refractivity contribution in [2.24, 2.45) is 11.8 Å². The van der Waals surface area contributed by atoms with Gasteiger partial charge in [0.15, 0.2) is 0 Å². The molecule has 0 amide bonds. The molecule has 0 spiro atoms. The highest BCUT2D eigenvalue weighted by Gasteiger charge is 2.31. The number of aromatic nitrogens is 1. The van der Waals surface area contributed by atoms with Gasteiger partial charge in [0.05, 0.1) is 22.7 Å². The molecule has 0 aliphatic carbocycles. The lowest BCUT2D eigenvalue weighted by Crippen LogP contribution is -2.42. The van der Waals surface area contributed by atoms with E-state index in [2.05, 4.69) is 9.88 Å². The number of pyridine rings is 1. The minimum atomic E-state index is -1.15. The van der Waals surface area contributed by atoms with Gasteiger partial charge in [0, 0.05) is 41.7 Å². The second-order valence-electron chi connectivity index (χ2n) is 9.43. The molecule has 37 heavy (non-hydrogen) atoms. The van der Waals surface area contributed by atoms with Gasteiger partial charge in [-0.05, 0) is 79.6 Å². The summed E-state index contributed by atoms with van der Waals surface area (Å²) in [6.45, 7) is 2.37. The number of aliphatic carboxylic acids is 1. The zero-order chi connectivity index (χ0) is 26.4. The Morgan fingerprint density at radius 3 is 2.76 bits per heavy atom. The van der Waals surface area contributed by atoms with Crippen molar-refractivity contribution in [3.8, 4) is 5.75 Å². The van der Waals surface area contributed by atoms with Crippen LogP contribution in [0.5, 0.6) is 5.75 Å². The molecule has 1 aromatic heterocycles.